The van der Waals surface area contributed by atoms with Gasteiger partial charge in [-0.2, -0.15) is 0 Å². The van der Waals surface area contributed by atoms with Gasteiger partial charge >= 0.3 is 67.9 Å². The Morgan fingerprint density at radius 1 is 1.30 bits per heavy atom. The van der Waals surface area contributed by atoms with E-state index in [0.717, 1.165) is 0 Å². The quantitative estimate of drug-likeness (QED) is 0.415. The zero-order valence-electron chi connectivity index (χ0n) is 6.20. The first-order valence-corrected chi connectivity index (χ1v) is 6.77. The molecule has 0 radical (unpaired) electrons. The Hall–Kier alpha value is 0.789. The molecule has 0 heterocycles. The van der Waals surface area contributed by atoms with Gasteiger partial charge < -0.3 is 0 Å². The van der Waals surface area contributed by atoms with Crippen LogP contribution in [0.15, 0.2) is 0 Å². The van der Waals surface area contributed by atoms with E-state index in [4.69, 9.17) is 13.7 Å². The van der Waals surface area contributed by atoms with Crippen LogP contribution in [0.25, 0.3) is 0 Å². The van der Waals surface area contributed by atoms with Crippen LogP contribution in [0, 0.1) is 0 Å². The number of hydrogen-bond donors (Lipinski definition) is 1. The van der Waals surface area contributed by atoms with Crippen molar-refractivity contribution in [2.24, 2.45) is 0 Å². The second kappa shape index (κ2) is 5.44. The Bertz CT molecular complexity index is 122. The van der Waals surface area contributed by atoms with E-state index in [1.807, 2.05) is 13.8 Å². The molecule has 0 aliphatic rings. The molecule has 0 amide bonds. The average Bonchev–Trinajstić information content (AvgIpc) is 1.89. The Morgan fingerprint density at radius 2 is 1.70 bits per heavy atom. The number of quaternary nitrogens is 1. The molecule has 62 valence electrons. The van der Waals surface area contributed by atoms with Crippen LogP contribution in [-0.4, -0.2) is 28.3 Å². The van der Waals surface area contributed by atoms with Crippen molar-refractivity contribution in [3.05, 3.63) is 0 Å². The van der Waals surface area contributed by atoms with Gasteiger partial charge in [0.05, 0.1) is 0 Å². The Balaban J connectivity index is 3.83. The monoisotopic (exact) mass is 234 g/mol. The van der Waals surface area contributed by atoms with Crippen LogP contribution < -0.4 is 5.90 Å². The molecule has 0 fully saturated rings. The molecule has 0 aromatic heterocycles. The van der Waals surface area contributed by atoms with E-state index in [9.17, 15) is 0 Å². The molecule has 4 nitrogen and oxygen atoms in total. The molecule has 0 aliphatic carbocycles. The first-order chi connectivity index (χ1) is 4.68. The fourth-order valence-electron chi connectivity index (χ4n) is 0.428. The van der Waals surface area contributed by atoms with Crippen LogP contribution in [0.3, 0.4) is 0 Å². The van der Waals surface area contributed by atoms with Gasteiger partial charge in [0, 0.05) is 0 Å². The van der Waals surface area contributed by atoms with E-state index in [-0.39, 0.29) is 0 Å². The summed E-state index contributed by atoms with van der Waals surface area (Å²) >= 11 is 2.72. The molecule has 6 heteroatoms. The molecule has 0 spiro atoms. The van der Waals surface area contributed by atoms with Gasteiger partial charge in [0.1, 0.15) is 0 Å². The molecule has 0 saturated heterocycles. The maximum atomic E-state index is 5.17. The molecule has 10 heavy (non-hydrogen) atoms. The minimum atomic E-state index is -2.19. The van der Waals surface area contributed by atoms with E-state index < -0.39 is 6.19 Å². The van der Waals surface area contributed by atoms with Crippen LogP contribution >= 0.6 is 6.19 Å². The Morgan fingerprint density at radius 3 is 1.90 bits per heavy atom. The summed E-state index contributed by atoms with van der Waals surface area (Å²) in [7, 11) is 0. The third-order valence-electron chi connectivity index (χ3n) is 0.733. The second-order valence-electron chi connectivity index (χ2n) is 1.41. The molecule has 0 aliphatic heterocycles. The predicted octanol–water partition coefficient (Wildman–Crippen LogP) is 0.0790. The summed E-state index contributed by atoms with van der Waals surface area (Å²) in [5, 5.41) is 0. The number of rotatable bonds is 5. The summed E-state index contributed by atoms with van der Waals surface area (Å²) in [5.41, 5.74) is 0. The molecule has 0 bridgehead atoms. The zero-order valence-corrected chi connectivity index (χ0v) is 8.81. The van der Waals surface area contributed by atoms with Gasteiger partial charge in [-0.1, -0.05) is 0 Å². The second-order valence-corrected chi connectivity index (χ2v) is 5.90. The molecule has 0 rings (SSSR count). The van der Waals surface area contributed by atoms with Crippen LogP contribution in [0.1, 0.15) is 13.8 Å². The van der Waals surface area contributed by atoms with Crippen molar-refractivity contribution in [1.82, 2.24) is 0 Å². The summed E-state index contributed by atoms with van der Waals surface area (Å²) in [6.07, 6.45) is -2.19. The summed E-state index contributed by atoms with van der Waals surface area (Å²) in [5.74, 6) is 3.26. The van der Waals surface area contributed by atoms with E-state index in [0.29, 0.717) is 13.2 Å². The van der Waals surface area contributed by atoms with Crippen LogP contribution in [0.5, 0.6) is 0 Å². The van der Waals surface area contributed by atoms with Gasteiger partial charge in [-0.3, -0.25) is 0 Å². The molecular formula is C4H13NO3PSe+. The van der Waals surface area contributed by atoms with Gasteiger partial charge in [-0.05, 0) is 0 Å². The summed E-state index contributed by atoms with van der Waals surface area (Å²) < 4.78 is 15.1. The average molecular weight is 233 g/mol. The molecule has 0 unspecified atom stereocenters. The fourth-order valence-corrected chi connectivity index (χ4v) is 2.61. The van der Waals surface area contributed by atoms with Gasteiger partial charge in [0.25, 0.3) is 0 Å². The molecule has 0 saturated carbocycles. The molecule has 0 aromatic carbocycles. The molecule has 3 N–H and O–H groups in total. The third kappa shape index (κ3) is 3.84. The van der Waals surface area contributed by atoms with Crippen LogP contribution in [-0.2, 0) is 13.7 Å². The van der Waals surface area contributed by atoms with Crippen LogP contribution in [0.2, 0.25) is 0 Å². The van der Waals surface area contributed by atoms with Crippen molar-refractivity contribution in [3.63, 3.8) is 0 Å². The maximum absolute atomic E-state index is 5.17. The normalized spacial score (nSPS) is 11.9. The van der Waals surface area contributed by atoms with Gasteiger partial charge in [0.15, 0.2) is 0 Å². The standard InChI is InChI=1S/C4H13NO3PSe/c1-3-6-9(10,8-5)7-4-2/h3-4H2,1-2,5H3/q+1. The van der Waals surface area contributed by atoms with Gasteiger partial charge in [-0.15, -0.1) is 0 Å². The van der Waals surface area contributed by atoms with E-state index >= 15 is 0 Å². The topological polar surface area (TPSA) is 55.3 Å². The van der Waals surface area contributed by atoms with Crippen molar-refractivity contribution < 1.29 is 19.6 Å². The molecule has 0 aromatic rings. The Labute approximate surface area is 68.4 Å². The SMILES string of the molecule is CCOP(=[Se])(O[NH3+])OCC. The van der Waals surface area contributed by atoms with Crippen molar-refractivity contribution in [2.45, 2.75) is 13.8 Å². The van der Waals surface area contributed by atoms with Crippen LogP contribution in [0.4, 0.5) is 0 Å². The van der Waals surface area contributed by atoms with E-state index in [1.54, 1.807) is 0 Å². The van der Waals surface area contributed by atoms with Gasteiger partial charge in [0.2, 0.25) is 0 Å². The van der Waals surface area contributed by atoms with Gasteiger partial charge in [-0.25, -0.2) is 0 Å². The predicted molar refractivity (Wildman–Crippen MR) is 39.9 cm³/mol. The van der Waals surface area contributed by atoms with Crippen molar-refractivity contribution in [2.75, 3.05) is 13.2 Å². The van der Waals surface area contributed by atoms with E-state index in [1.165, 1.54) is 0 Å². The minimum absolute atomic E-state index is 0.566. The van der Waals surface area contributed by atoms with Crippen molar-refractivity contribution >= 4 is 21.3 Å². The summed E-state index contributed by atoms with van der Waals surface area (Å²) in [6, 6.07) is 0. The first kappa shape index (κ1) is 10.8. The summed E-state index contributed by atoms with van der Waals surface area (Å²) in [6.45, 7) is 4.89. The fraction of sp³-hybridized carbons (Fsp3) is 1.00. The summed E-state index contributed by atoms with van der Waals surface area (Å²) in [4.78, 5) is 0. The third-order valence-corrected chi connectivity index (χ3v) is 4.19. The number of hydrogen-bond acceptors (Lipinski definition) is 3. The Kier molecular flexibility index (Phi) is 5.87. The van der Waals surface area contributed by atoms with Crippen molar-refractivity contribution in [3.8, 4) is 0 Å². The van der Waals surface area contributed by atoms with Crippen molar-refractivity contribution in [1.29, 1.82) is 0 Å². The molecule has 0 atom stereocenters. The zero-order chi connectivity index (χ0) is 8.04. The first-order valence-electron chi connectivity index (χ1n) is 3.01. The molecular weight excluding hydrogens is 220 g/mol. The van der Waals surface area contributed by atoms with E-state index in [2.05, 4.69) is 21.0 Å².